The molecule has 0 radical (unpaired) electrons. The Morgan fingerprint density at radius 2 is 1.69 bits per heavy atom. The molecule has 1 aliphatic carbocycles. The number of hydrogen-bond donors (Lipinski definition) is 2. The number of nitrogens with one attached hydrogen (secondary N) is 1. The number of hydrogen-bond acceptors (Lipinski definition) is 4. The van der Waals surface area contributed by atoms with Crippen LogP contribution in [0.15, 0.2) is 71.2 Å². The largest absolute Gasteiger partial charge is 0.481 e. The van der Waals surface area contributed by atoms with E-state index in [0.717, 1.165) is 32.3 Å². The summed E-state index contributed by atoms with van der Waals surface area (Å²) < 4.78 is 6.35. The quantitative estimate of drug-likeness (QED) is 0.477. The molecular weight excluding hydrogens is 512 g/mol. The van der Waals surface area contributed by atoms with Gasteiger partial charge < -0.3 is 20.1 Å². The number of alkyl carbamates (subject to hydrolysis) is 1. The molecule has 178 valence electrons. The second-order valence-corrected chi connectivity index (χ2v) is 9.55. The Bertz CT molecular complexity index is 1280. The molecule has 3 aromatic rings. The maximum atomic E-state index is 13.3. The van der Waals surface area contributed by atoms with Gasteiger partial charge in [-0.25, -0.2) is 4.79 Å². The Hall–Kier alpha value is -3.65. The summed E-state index contributed by atoms with van der Waals surface area (Å²) >= 11 is 3.41. The minimum Gasteiger partial charge on any atom is -0.481 e. The zero-order valence-electron chi connectivity index (χ0n) is 18.7. The number of halogens is 1. The lowest BCUT2D eigenvalue weighted by molar-refractivity contribution is -0.139. The van der Waals surface area contributed by atoms with Crippen LogP contribution in [-0.2, 0) is 20.7 Å². The maximum absolute atomic E-state index is 13.3. The van der Waals surface area contributed by atoms with Gasteiger partial charge in [0.1, 0.15) is 12.6 Å². The van der Waals surface area contributed by atoms with Crippen molar-refractivity contribution in [2.45, 2.75) is 24.8 Å². The summed E-state index contributed by atoms with van der Waals surface area (Å²) in [6.07, 6.45) is -0.692. The molecule has 1 unspecified atom stereocenters. The number of carboxylic acid groups (broad SMARTS) is 1. The Labute approximate surface area is 210 Å². The third kappa shape index (κ3) is 4.53. The van der Waals surface area contributed by atoms with Crippen molar-refractivity contribution in [3.63, 3.8) is 0 Å². The molecule has 2 amide bonds. The van der Waals surface area contributed by atoms with Crippen LogP contribution < -0.4 is 10.2 Å². The van der Waals surface area contributed by atoms with E-state index in [9.17, 15) is 19.5 Å². The van der Waals surface area contributed by atoms with Crippen LogP contribution in [0.1, 0.15) is 29.0 Å². The van der Waals surface area contributed by atoms with E-state index in [1.54, 1.807) is 0 Å². The third-order valence-corrected chi connectivity index (χ3v) is 7.01. The van der Waals surface area contributed by atoms with E-state index >= 15 is 0 Å². The minimum atomic E-state index is -1.24. The van der Waals surface area contributed by atoms with Crippen LogP contribution in [0.25, 0.3) is 11.1 Å². The molecule has 1 aliphatic heterocycles. The summed E-state index contributed by atoms with van der Waals surface area (Å²) in [4.78, 5) is 39.0. The van der Waals surface area contributed by atoms with Crippen LogP contribution in [-0.4, -0.2) is 42.3 Å². The molecule has 8 heteroatoms. The fourth-order valence-electron chi connectivity index (χ4n) is 4.93. The molecule has 2 aliphatic rings. The highest BCUT2D eigenvalue weighted by molar-refractivity contribution is 9.10. The van der Waals surface area contributed by atoms with E-state index in [-0.39, 0.29) is 12.5 Å². The number of ether oxygens (including phenoxy) is 1. The second-order valence-electron chi connectivity index (χ2n) is 8.63. The van der Waals surface area contributed by atoms with Crippen LogP contribution >= 0.6 is 15.9 Å². The number of rotatable bonds is 6. The number of carbonyl (C=O) groups excluding carboxylic acids is 2. The van der Waals surface area contributed by atoms with Crippen molar-refractivity contribution in [2.24, 2.45) is 0 Å². The number of nitrogens with zero attached hydrogens (tertiary/aromatic N) is 1. The maximum Gasteiger partial charge on any atom is 0.407 e. The highest BCUT2D eigenvalue weighted by Crippen LogP contribution is 2.44. The molecule has 0 bridgehead atoms. The molecular formula is C27H23BrN2O5. The van der Waals surface area contributed by atoms with E-state index in [1.807, 2.05) is 66.7 Å². The lowest BCUT2D eigenvalue weighted by Gasteiger charge is -2.24. The standard InChI is InChI=1S/C27H23BrN2O5/c28-17-10-9-16-11-12-30(24(16)13-17)26(33)23(14-25(31)32)29-27(34)35-15-22-20-7-3-1-5-18(20)19-6-2-4-8-21(19)22/h1-10,13,22-23H,11-12,14-15H2,(H,29,34)(H,31,32). The highest BCUT2D eigenvalue weighted by Gasteiger charge is 2.34. The lowest BCUT2D eigenvalue weighted by Crippen LogP contribution is -2.49. The number of anilines is 1. The fourth-order valence-corrected chi connectivity index (χ4v) is 5.28. The van der Waals surface area contributed by atoms with Gasteiger partial charge in [-0.3, -0.25) is 9.59 Å². The number of amides is 2. The summed E-state index contributed by atoms with van der Waals surface area (Å²) in [5.74, 6) is -1.79. The van der Waals surface area contributed by atoms with Gasteiger partial charge >= 0.3 is 12.1 Å². The normalized spacial score (nSPS) is 14.6. The minimum absolute atomic E-state index is 0.0767. The molecule has 0 saturated carbocycles. The second kappa shape index (κ2) is 9.54. The first-order chi connectivity index (χ1) is 16.9. The highest BCUT2D eigenvalue weighted by atomic mass is 79.9. The van der Waals surface area contributed by atoms with E-state index < -0.39 is 30.4 Å². The van der Waals surface area contributed by atoms with Crippen molar-refractivity contribution in [1.29, 1.82) is 0 Å². The zero-order chi connectivity index (χ0) is 24.5. The number of fused-ring (bicyclic) bond motifs is 4. The summed E-state index contributed by atoms with van der Waals surface area (Å²) in [6, 6.07) is 20.4. The van der Waals surface area contributed by atoms with Crippen molar-refractivity contribution in [3.8, 4) is 11.1 Å². The molecule has 0 fully saturated rings. The predicted octanol–water partition coefficient (Wildman–Crippen LogP) is 4.72. The van der Waals surface area contributed by atoms with Crippen molar-refractivity contribution in [1.82, 2.24) is 5.32 Å². The van der Waals surface area contributed by atoms with Gasteiger partial charge in [0.05, 0.1) is 6.42 Å². The lowest BCUT2D eigenvalue weighted by atomic mass is 9.98. The van der Waals surface area contributed by atoms with E-state index in [0.29, 0.717) is 18.7 Å². The molecule has 1 atom stereocenters. The molecule has 0 spiro atoms. The summed E-state index contributed by atoms with van der Waals surface area (Å²) in [6.45, 7) is 0.500. The van der Waals surface area contributed by atoms with Crippen molar-refractivity contribution >= 4 is 39.6 Å². The molecule has 3 aromatic carbocycles. The van der Waals surface area contributed by atoms with Gasteiger partial charge in [-0.2, -0.15) is 0 Å². The molecule has 0 aromatic heterocycles. The summed E-state index contributed by atoms with van der Waals surface area (Å²) in [7, 11) is 0. The van der Waals surface area contributed by atoms with Crippen LogP contribution in [0, 0.1) is 0 Å². The van der Waals surface area contributed by atoms with Gasteiger partial charge in [-0.05, 0) is 46.4 Å². The smallest absolute Gasteiger partial charge is 0.407 e. The Morgan fingerprint density at radius 3 is 2.34 bits per heavy atom. The van der Waals surface area contributed by atoms with E-state index in [4.69, 9.17) is 4.74 Å². The first-order valence-corrected chi connectivity index (χ1v) is 12.1. The molecule has 7 nitrogen and oxygen atoms in total. The monoisotopic (exact) mass is 534 g/mol. The number of carbonyl (C=O) groups is 3. The van der Waals surface area contributed by atoms with Gasteiger partial charge in [-0.15, -0.1) is 0 Å². The predicted molar refractivity (Wildman–Crippen MR) is 134 cm³/mol. The van der Waals surface area contributed by atoms with Crippen LogP contribution in [0.2, 0.25) is 0 Å². The number of aliphatic carboxylic acids is 1. The van der Waals surface area contributed by atoms with Crippen molar-refractivity contribution < 1.29 is 24.2 Å². The Kier molecular flexibility index (Phi) is 6.30. The first kappa shape index (κ1) is 23.1. The van der Waals surface area contributed by atoms with Gasteiger partial charge in [0.25, 0.3) is 0 Å². The van der Waals surface area contributed by atoms with Crippen LogP contribution in [0.4, 0.5) is 10.5 Å². The third-order valence-electron chi connectivity index (χ3n) is 6.52. The molecule has 5 rings (SSSR count). The van der Waals surface area contributed by atoms with Crippen molar-refractivity contribution in [2.75, 3.05) is 18.1 Å². The summed E-state index contributed by atoms with van der Waals surface area (Å²) in [5.41, 5.74) is 6.06. The van der Waals surface area contributed by atoms with Crippen LogP contribution in [0.3, 0.4) is 0 Å². The zero-order valence-corrected chi connectivity index (χ0v) is 20.3. The molecule has 35 heavy (non-hydrogen) atoms. The number of carboxylic acids is 1. The Balaban J connectivity index is 1.30. The fraction of sp³-hybridized carbons (Fsp3) is 0.222. The molecule has 0 saturated heterocycles. The molecule has 1 heterocycles. The van der Waals surface area contributed by atoms with E-state index in [2.05, 4.69) is 21.2 Å². The van der Waals surface area contributed by atoms with Crippen LogP contribution in [0.5, 0.6) is 0 Å². The number of benzene rings is 3. The molecule has 2 N–H and O–H groups in total. The SMILES string of the molecule is O=C(O)CC(NC(=O)OCC1c2ccccc2-c2ccccc21)C(=O)N1CCc2ccc(Br)cc21. The first-order valence-electron chi connectivity index (χ1n) is 11.4. The average Bonchev–Trinajstić information content (AvgIpc) is 3.40. The average molecular weight is 535 g/mol. The van der Waals surface area contributed by atoms with Gasteiger partial charge in [-0.1, -0.05) is 70.5 Å². The topological polar surface area (TPSA) is 95.9 Å². The Morgan fingerprint density at radius 1 is 1.03 bits per heavy atom. The summed E-state index contributed by atoms with van der Waals surface area (Å²) in [5, 5.41) is 11.9. The van der Waals surface area contributed by atoms with Gasteiger partial charge in [0.15, 0.2) is 0 Å². The van der Waals surface area contributed by atoms with E-state index in [1.165, 1.54) is 4.90 Å². The van der Waals surface area contributed by atoms with Gasteiger partial charge in [0, 0.05) is 22.6 Å². The van der Waals surface area contributed by atoms with Gasteiger partial charge in [0.2, 0.25) is 5.91 Å². The van der Waals surface area contributed by atoms with Crippen molar-refractivity contribution in [3.05, 3.63) is 87.9 Å².